The Hall–Kier alpha value is 1.13. The normalized spacial score (nSPS) is 6.33. The Morgan fingerprint density at radius 2 is 1.67 bits per heavy atom. The van der Waals surface area contributed by atoms with Gasteiger partial charge in [0.15, 0.2) is 0 Å². The third kappa shape index (κ3) is 8.93. The molecule has 0 N–H and O–H groups in total. The van der Waals surface area contributed by atoms with Crippen molar-refractivity contribution in [3.63, 3.8) is 0 Å². The molecule has 2 heteroatoms. The van der Waals surface area contributed by atoms with Gasteiger partial charge in [-0.1, -0.05) is 13.8 Å². The van der Waals surface area contributed by atoms with Crippen LogP contribution in [-0.2, 0) is 0 Å². The van der Waals surface area contributed by atoms with Gasteiger partial charge in [-0.2, -0.15) is 0 Å². The van der Waals surface area contributed by atoms with Gasteiger partial charge in [0, 0.05) is 0 Å². The predicted octanol–water partition coefficient (Wildman–Crippen LogP) is -1.58. The molecular formula is C4H12AlLi. The van der Waals surface area contributed by atoms with Crippen LogP contribution in [0.15, 0.2) is 0 Å². The first kappa shape index (κ1) is 10.2. The van der Waals surface area contributed by atoms with Gasteiger partial charge in [-0.25, -0.2) is 0 Å². The van der Waals surface area contributed by atoms with Crippen molar-refractivity contribution in [3.8, 4) is 0 Å². The quantitative estimate of drug-likeness (QED) is 0.362. The van der Waals surface area contributed by atoms with E-state index in [1.165, 1.54) is 10.6 Å². The Balaban J connectivity index is -0.0000000800. The number of hydrogen-bond acceptors (Lipinski definition) is 0. The molecule has 0 saturated heterocycles. The molecule has 32 valence electrons. The van der Waals surface area contributed by atoms with Crippen molar-refractivity contribution in [2.24, 2.45) is 0 Å². The molecule has 0 aromatic carbocycles. The Morgan fingerprint density at radius 1 is 1.33 bits per heavy atom. The third-order valence-electron chi connectivity index (χ3n) is 0.707. The second-order valence-corrected chi connectivity index (χ2v) is 4.06. The van der Waals surface area contributed by atoms with E-state index in [-0.39, 0.29) is 20.3 Å². The molecule has 0 aromatic heterocycles. The second-order valence-electron chi connectivity index (χ2n) is 1.35. The maximum Gasteiger partial charge on any atom is 1.00 e. The average Bonchev–Trinajstić information content (AvgIpc) is 1.41. The molecule has 0 aliphatic heterocycles. The second kappa shape index (κ2) is 9.46. The summed E-state index contributed by atoms with van der Waals surface area (Å²) in [4.78, 5) is 0. The molecule has 0 saturated carbocycles. The molecule has 0 atom stereocenters. The summed E-state index contributed by atoms with van der Waals surface area (Å²) in [6.07, 6.45) is 0. The summed E-state index contributed by atoms with van der Waals surface area (Å²) in [6, 6.07) is 0. The van der Waals surface area contributed by atoms with E-state index in [2.05, 4.69) is 13.8 Å². The molecule has 0 aliphatic carbocycles. The molecule has 0 radical (unpaired) electrons. The summed E-state index contributed by atoms with van der Waals surface area (Å²) < 4.78 is 0. The summed E-state index contributed by atoms with van der Waals surface area (Å²) in [6.45, 7) is 4.55. The Labute approximate surface area is 60.1 Å². The third-order valence-corrected chi connectivity index (χ3v) is 2.12. The fourth-order valence-electron chi connectivity index (χ4n) is 0.354. The minimum atomic E-state index is 0. The molecule has 6 heavy (non-hydrogen) atoms. The smallest absolute Gasteiger partial charge is 1.00 e. The van der Waals surface area contributed by atoms with Gasteiger partial charge in [-0.05, 0) is 0 Å². The molecule has 0 amide bonds. The van der Waals surface area contributed by atoms with Crippen LogP contribution in [0.2, 0.25) is 10.6 Å². The molecule has 0 nitrogen and oxygen atoms in total. The van der Waals surface area contributed by atoms with E-state index in [0.29, 0.717) is 15.2 Å². The summed E-state index contributed by atoms with van der Waals surface area (Å²) in [5.41, 5.74) is 0. The first-order valence-corrected chi connectivity index (χ1v) is 4.41. The van der Waals surface area contributed by atoms with E-state index >= 15 is 0 Å². The summed E-state index contributed by atoms with van der Waals surface area (Å²) in [5, 5.41) is 2.97. The molecule has 0 unspecified atom stereocenters. The maximum absolute atomic E-state index is 2.27. The zero-order valence-corrected chi connectivity index (χ0v) is 6.54. The van der Waals surface area contributed by atoms with E-state index in [9.17, 15) is 0 Å². The van der Waals surface area contributed by atoms with Gasteiger partial charge in [0.2, 0.25) is 15.2 Å². The van der Waals surface area contributed by atoms with Crippen LogP contribution < -0.4 is 18.9 Å². The molecule has 0 spiro atoms. The topological polar surface area (TPSA) is 0 Å². The van der Waals surface area contributed by atoms with Gasteiger partial charge in [0.05, 0.1) is 0 Å². The van der Waals surface area contributed by atoms with E-state index < -0.39 is 0 Å². The van der Waals surface area contributed by atoms with Crippen molar-refractivity contribution >= 4 is 15.2 Å². The minimum absolute atomic E-state index is 0. The van der Waals surface area contributed by atoms with Crippen molar-refractivity contribution in [2.75, 3.05) is 0 Å². The van der Waals surface area contributed by atoms with Crippen LogP contribution in [-0.4, -0.2) is 15.2 Å². The van der Waals surface area contributed by atoms with Gasteiger partial charge >= 0.3 is 18.9 Å². The van der Waals surface area contributed by atoms with Crippen molar-refractivity contribution in [3.05, 3.63) is 0 Å². The molecular weight excluding hydrogens is 82.0 g/mol. The molecule has 0 rings (SSSR count). The van der Waals surface area contributed by atoms with E-state index in [4.69, 9.17) is 0 Å². The Bertz CT molecular complexity index is 19.2. The van der Waals surface area contributed by atoms with Gasteiger partial charge in [0.25, 0.3) is 0 Å². The van der Waals surface area contributed by atoms with Crippen LogP contribution in [0.25, 0.3) is 0 Å². The summed E-state index contributed by atoms with van der Waals surface area (Å²) in [5.74, 6) is 0. The van der Waals surface area contributed by atoms with Crippen molar-refractivity contribution in [1.29, 1.82) is 0 Å². The standard InChI is InChI=1S/2C2H5.Al.Li.2H/c2*1-2;;;;/h2*1H2,2H3;;;;/q;;;+1;;-1. The average molecular weight is 94.1 g/mol. The first-order chi connectivity index (χ1) is 2.41. The maximum atomic E-state index is 2.27. The molecule has 0 aromatic rings. The van der Waals surface area contributed by atoms with Crippen LogP contribution in [0.1, 0.15) is 15.3 Å². The summed E-state index contributed by atoms with van der Waals surface area (Å²) >= 11 is 0.432. The number of rotatable bonds is 2. The fraction of sp³-hybridized carbons (Fsp3) is 1.00. The van der Waals surface area contributed by atoms with Crippen LogP contribution in [0.3, 0.4) is 0 Å². The SMILES string of the molecule is C[CH2][AlH][CH2]C.[H-].[Li+]. The van der Waals surface area contributed by atoms with E-state index in [1.54, 1.807) is 0 Å². The summed E-state index contributed by atoms with van der Waals surface area (Å²) in [7, 11) is 0. The first-order valence-electron chi connectivity index (χ1n) is 2.41. The molecule has 0 fully saturated rings. The van der Waals surface area contributed by atoms with Crippen molar-refractivity contribution < 1.29 is 20.3 Å². The van der Waals surface area contributed by atoms with Crippen LogP contribution in [0.4, 0.5) is 0 Å². The molecule has 0 aliphatic rings. The van der Waals surface area contributed by atoms with Crippen molar-refractivity contribution in [1.82, 2.24) is 0 Å². The van der Waals surface area contributed by atoms with Crippen LogP contribution in [0.5, 0.6) is 0 Å². The van der Waals surface area contributed by atoms with Gasteiger partial charge in [-0.15, -0.1) is 10.6 Å². The minimum Gasteiger partial charge on any atom is -1.00 e. The Morgan fingerprint density at radius 3 is 1.67 bits per heavy atom. The zero-order valence-electron chi connectivity index (χ0n) is 6.12. The van der Waals surface area contributed by atoms with Gasteiger partial charge < -0.3 is 1.43 Å². The van der Waals surface area contributed by atoms with Crippen LogP contribution in [0, 0.1) is 0 Å². The van der Waals surface area contributed by atoms with E-state index in [1.807, 2.05) is 0 Å². The van der Waals surface area contributed by atoms with E-state index in [0.717, 1.165) is 0 Å². The predicted molar refractivity (Wildman–Crippen MR) is 29.2 cm³/mol. The monoisotopic (exact) mass is 94.1 g/mol. The van der Waals surface area contributed by atoms with Crippen molar-refractivity contribution in [2.45, 2.75) is 24.4 Å². The van der Waals surface area contributed by atoms with Gasteiger partial charge in [0.1, 0.15) is 0 Å². The molecule has 0 bridgehead atoms. The molecule has 0 heterocycles. The van der Waals surface area contributed by atoms with Gasteiger partial charge in [-0.3, -0.25) is 0 Å². The Kier molecular flexibility index (Phi) is 16.0. The fourth-order valence-corrected chi connectivity index (χ4v) is 1.06. The number of hydrogen-bond donors (Lipinski definition) is 0. The largest absolute Gasteiger partial charge is 1.00 e. The zero-order chi connectivity index (χ0) is 4.12. The van der Waals surface area contributed by atoms with Crippen LogP contribution >= 0.6 is 0 Å².